The lowest BCUT2D eigenvalue weighted by atomic mass is 9.84. The fourth-order valence-corrected chi connectivity index (χ4v) is 7.86. The summed E-state index contributed by atoms with van der Waals surface area (Å²) < 4.78 is 25.1. The summed E-state index contributed by atoms with van der Waals surface area (Å²) in [5.74, 6) is -1.76. The van der Waals surface area contributed by atoms with Crippen molar-refractivity contribution in [1.82, 2.24) is 0 Å². The first-order chi connectivity index (χ1) is 31.2. The summed E-state index contributed by atoms with van der Waals surface area (Å²) in [4.78, 5) is 55.6. The number of fused-ring (bicyclic) bond motifs is 2. The highest BCUT2D eigenvalue weighted by atomic mass is 16.6. The Kier molecular flexibility index (Phi) is 11.3. The van der Waals surface area contributed by atoms with Crippen molar-refractivity contribution in [2.75, 3.05) is 0 Å². The molecule has 0 aliphatic heterocycles. The number of carbonyl (C=O) groups is 4. The molecule has 0 aliphatic rings. The van der Waals surface area contributed by atoms with Crippen LogP contribution in [0.3, 0.4) is 0 Å². The zero-order valence-electron chi connectivity index (χ0n) is 34.7. The van der Waals surface area contributed by atoms with Gasteiger partial charge in [0, 0.05) is 11.1 Å². The Hall–Kier alpha value is -8.62. The number of hydrogen-bond donors (Lipinski definition) is 0. The number of benzene rings is 9. The molecule has 310 valence electrons. The molecule has 0 bridgehead atoms. The zero-order chi connectivity index (χ0) is 44.2. The van der Waals surface area contributed by atoms with Crippen molar-refractivity contribution in [3.8, 4) is 45.3 Å². The van der Waals surface area contributed by atoms with Crippen LogP contribution in [-0.2, 0) is 0 Å². The maximum absolute atomic E-state index is 13.9. The molecule has 8 heteroatoms. The first-order valence-corrected chi connectivity index (χ1v) is 20.6. The average molecular weight is 839 g/mol. The Morgan fingerprint density at radius 2 is 0.484 bits per heavy atom. The summed E-state index contributed by atoms with van der Waals surface area (Å²) in [7, 11) is 0. The third kappa shape index (κ3) is 8.23. The summed E-state index contributed by atoms with van der Waals surface area (Å²) in [6, 6.07) is 56.8. The van der Waals surface area contributed by atoms with Crippen LogP contribution in [0.4, 0.5) is 0 Å². The molecule has 0 spiro atoms. The predicted octanol–water partition coefficient (Wildman–Crippen LogP) is 12.8. The highest BCUT2D eigenvalue weighted by molar-refractivity contribution is 6.24. The molecule has 0 radical (unpaired) electrons. The fourth-order valence-electron chi connectivity index (χ4n) is 7.86. The Bertz CT molecular complexity index is 2810. The van der Waals surface area contributed by atoms with Gasteiger partial charge in [0.2, 0.25) is 0 Å². The van der Waals surface area contributed by atoms with Crippen LogP contribution in [-0.4, -0.2) is 23.9 Å². The summed E-state index contributed by atoms with van der Waals surface area (Å²) in [6.07, 6.45) is 0. The van der Waals surface area contributed by atoms with Crippen molar-refractivity contribution in [2.24, 2.45) is 0 Å². The first-order valence-electron chi connectivity index (χ1n) is 20.6. The molecule has 9 rings (SSSR count). The van der Waals surface area contributed by atoms with Crippen molar-refractivity contribution >= 4 is 45.4 Å². The summed E-state index contributed by atoms with van der Waals surface area (Å²) in [5, 5.41) is 2.65. The van der Waals surface area contributed by atoms with Crippen LogP contribution in [0.15, 0.2) is 194 Å². The van der Waals surface area contributed by atoms with E-state index in [0.717, 1.165) is 0 Å². The molecule has 0 fully saturated rings. The van der Waals surface area contributed by atoms with Crippen LogP contribution in [0.1, 0.15) is 52.6 Å². The molecule has 8 nitrogen and oxygen atoms in total. The SMILES string of the molecule is Cc1cc(OC(=O)c2ccccc2)c(-c2c3ccccc3c(-c3c(OC(=O)c4ccccc4)cc(C)cc3OC(=O)c3ccccc3)c3ccccc23)c(OC(=O)c2ccccc2)c1. The molecule has 0 atom stereocenters. The van der Waals surface area contributed by atoms with E-state index in [1.54, 1.807) is 121 Å². The quantitative estimate of drug-likeness (QED) is 0.0762. The molecule has 0 aromatic heterocycles. The Morgan fingerprint density at radius 1 is 0.281 bits per heavy atom. The maximum atomic E-state index is 13.9. The third-order valence-electron chi connectivity index (χ3n) is 10.7. The minimum Gasteiger partial charge on any atom is -0.422 e. The third-order valence-corrected chi connectivity index (χ3v) is 10.7. The van der Waals surface area contributed by atoms with Gasteiger partial charge in [-0.3, -0.25) is 0 Å². The van der Waals surface area contributed by atoms with Gasteiger partial charge in [0.05, 0.1) is 33.4 Å². The number of rotatable bonds is 10. The maximum Gasteiger partial charge on any atom is 0.343 e. The highest BCUT2D eigenvalue weighted by Gasteiger charge is 2.29. The lowest BCUT2D eigenvalue weighted by molar-refractivity contribution is 0.0715. The fraction of sp³-hybridized carbons (Fsp3) is 0.0357. The van der Waals surface area contributed by atoms with E-state index in [9.17, 15) is 19.2 Å². The van der Waals surface area contributed by atoms with E-state index < -0.39 is 23.9 Å². The van der Waals surface area contributed by atoms with Gasteiger partial charge in [0.25, 0.3) is 0 Å². The van der Waals surface area contributed by atoms with E-state index in [-0.39, 0.29) is 23.0 Å². The number of aryl methyl sites for hydroxylation is 2. The molecule has 0 heterocycles. The monoisotopic (exact) mass is 838 g/mol. The van der Waals surface area contributed by atoms with Gasteiger partial charge in [-0.2, -0.15) is 0 Å². The zero-order valence-corrected chi connectivity index (χ0v) is 34.7. The van der Waals surface area contributed by atoms with Gasteiger partial charge < -0.3 is 18.9 Å². The predicted molar refractivity (Wildman–Crippen MR) is 247 cm³/mol. The van der Waals surface area contributed by atoms with Crippen molar-refractivity contribution in [1.29, 1.82) is 0 Å². The van der Waals surface area contributed by atoms with E-state index >= 15 is 0 Å². The summed E-state index contributed by atoms with van der Waals surface area (Å²) in [5.41, 5.74) is 4.58. The molecular weight excluding hydrogens is 801 g/mol. The van der Waals surface area contributed by atoms with E-state index in [2.05, 4.69) is 0 Å². The molecule has 0 saturated carbocycles. The molecule has 0 amide bonds. The van der Waals surface area contributed by atoms with Gasteiger partial charge >= 0.3 is 23.9 Å². The molecule has 64 heavy (non-hydrogen) atoms. The number of ether oxygens (including phenoxy) is 4. The number of carbonyl (C=O) groups excluding carboxylic acids is 4. The molecule has 0 unspecified atom stereocenters. The minimum atomic E-state index is -0.604. The Balaban J connectivity index is 1.33. The second kappa shape index (κ2) is 17.8. The van der Waals surface area contributed by atoms with Crippen LogP contribution < -0.4 is 18.9 Å². The van der Waals surface area contributed by atoms with Gasteiger partial charge in [0.1, 0.15) is 23.0 Å². The summed E-state index contributed by atoms with van der Waals surface area (Å²) >= 11 is 0. The van der Waals surface area contributed by atoms with Gasteiger partial charge in [-0.1, -0.05) is 121 Å². The van der Waals surface area contributed by atoms with Gasteiger partial charge in [-0.25, -0.2) is 19.2 Å². The smallest absolute Gasteiger partial charge is 0.343 e. The summed E-state index contributed by atoms with van der Waals surface area (Å²) in [6.45, 7) is 3.66. The lowest BCUT2D eigenvalue weighted by Gasteiger charge is -2.23. The Morgan fingerprint density at radius 3 is 0.703 bits per heavy atom. The largest absolute Gasteiger partial charge is 0.422 e. The van der Waals surface area contributed by atoms with E-state index in [1.807, 2.05) is 86.6 Å². The number of esters is 4. The molecule has 0 saturated heterocycles. The second-order valence-electron chi connectivity index (χ2n) is 15.1. The second-order valence-corrected chi connectivity index (χ2v) is 15.1. The van der Waals surface area contributed by atoms with Gasteiger partial charge in [0.15, 0.2) is 0 Å². The van der Waals surface area contributed by atoms with Crippen molar-refractivity contribution < 1.29 is 38.1 Å². The van der Waals surface area contributed by atoms with E-state index in [0.29, 0.717) is 77.2 Å². The van der Waals surface area contributed by atoms with Crippen LogP contribution in [0.2, 0.25) is 0 Å². The van der Waals surface area contributed by atoms with Crippen LogP contribution >= 0.6 is 0 Å². The molecule has 9 aromatic rings. The van der Waals surface area contributed by atoms with Crippen LogP contribution in [0, 0.1) is 13.8 Å². The Labute approximate surface area is 368 Å². The first kappa shape index (κ1) is 40.8. The van der Waals surface area contributed by atoms with Crippen molar-refractivity contribution in [2.45, 2.75) is 13.8 Å². The molecule has 0 N–H and O–H groups in total. The molecule has 9 aromatic carbocycles. The topological polar surface area (TPSA) is 105 Å². The normalized spacial score (nSPS) is 10.9. The minimum absolute atomic E-state index is 0.165. The van der Waals surface area contributed by atoms with Gasteiger partial charge in [-0.05, 0) is 119 Å². The van der Waals surface area contributed by atoms with Crippen molar-refractivity contribution in [3.05, 3.63) is 228 Å². The van der Waals surface area contributed by atoms with Gasteiger partial charge in [-0.15, -0.1) is 0 Å². The van der Waals surface area contributed by atoms with Crippen molar-refractivity contribution in [3.63, 3.8) is 0 Å². The van der Waals surface area contributed by atoms with Crippen LogP contribution in [0.25, 0.3) is 43.8 Å². The number of hydrogen-bond acceptors (Lipinski definition) is 8. The van der Waals surface area contributed by atoms with Crippen LogP contribution in [0.5, 0.6) is 23.0 Å². The lowest BCUT2D eigenvalue weighted by Crippen LogP contribution is -2.13. The van der Waals surface area contributed by atoms with E-state index in [1.165, 1.54) is 0 Å². The molecular formula is C56H38O8. The highest BCUT2D eigenvalue weighted by Crippen LogP contribution is 2.53. The van der Waals surface area contributed by atoms with E-state index in [4.69, 9.17) is 18.9 Å². The average Bonchev–Trinajstić information content (AvgIpc) is 3.32. The standard InChI is InChI=1S/C56H38O8/c1-35-31-45(61-53(57)37-19-7-3-8-20-37)51(46(32-35)62-54(58)38-21-9-4-10-22-38)49-41-27-15-17-29-43(41)50(44-30-18-16-28-42(44)49)52-47(63-55(59)39-23-11-5-12-24-39)33-36(2)34-48(52)64-56(60)40-25-13-6-14-26-40/h3-34H,1-2H3. The molecule has 0 aliphatic carbocycles.